The average Bonchev–Trinajstić information content (AvgIpc) is 2.74. The van der Waals surface area contributed by atoms with Crippen molar-refractivity contribution in [3.8, 4) is 0 Å². The molecule has 0 unspecified atom stereocenters. The van der Waals surface area contributed by atoms with Gasteiger partial charge in [-0.1, -0.05) is 0 Å². The molecule has 1 N–H and O–H groups in total. The van der Waals surface area contributed by atoms with Crippen molar-refractivity contribution in [3.63, 3.8) is 0 Å². The molecule has 0 radical (unpaired) electrons. The summed E-state index contributed by atoms with van der Waals surface area (Å²) in [7, 11) is 1.87. The molecular weight excluding hydrogens is 178 g/mol. The van der Waals surface area contributed by atoms with Crippen LogP contribution in [0.25, 0.3) is 0 Å². The Labute approximate surface area is 85.2 Å². The van der Waals surface area contributed by atoms with Gasteiger partial charge in [0.2, 0.25) is 0 Å². The average molecular weight is 197 g/mol. The highest BCUT2D eigenvalue weighted by Crippen LogP contribution is 2.26. The van der Waals surface area contributed by atoms with Crippen molar-refractivity contribution in [1.29, 1.82) is 0 Å². The molecule has 4 heteroatoms. The topological polar surface area (TPSA) is 35.6 Å². The number of likely N-dealkylation sites (tertiary alicyclic amines) is 1. The lowest BCUT2D eigenvalue weighted by atomic mass is 10.0. The number of nitrogens with one attached hydrogen (secondary N) is 1. The zero-order chi connectivity index (χ0) is 10.1. The minimum absolute atomic E-state index is 0.196. The highest BCUT2D eigenvalue weighted by Gasteiger charge is 2.38. The molecule has 14 heavy (non-hydrogen) atoms. The first-order valence-corrected chi connectivity index (χ1v) is 5.43. The van der Waals surface area contributed by atoms with E-state index in [1.807, 2.05) is 18.9 Å². The van der Waals surface area contributed by atoms with E-state index in [4.69, 9.17) is 0 Å². The second-order valence-corrected chi connectivity index (χ2v) is 4.38. The number of hydrogen-bond donors (Lipinski definition) is 1. The minimum Gasteiger partial charge on any atom is -0.328 e. The molecule has 2 fully saturated rings. The molecule has 2 atom stereocenters. The van der Waals surface area contributed by atoms with Gasteiger partial charge in [-0.2, -0.15) is 0 Å². The molecule has 0 saturated carbocycles. The van der Waals surface area contributed by atoms with Crippen LogP contribution in [0.15, 0.2) is 0 Å². The summed E-state index contributed by atoms with van der Waals surface area (Å²) in [6, 6.07) is 0.196. The second kappa shape index (κ2) is 3.77. The van der Waals surface area contributed by atoms with Gasteiger partial charge in [-0.3, -0.25) is 0 Å². The normalized spacial score (nSPS) is 30.6. The standard InChI is InChI=1S/C10H19N3O/c1-3-12(2)10(14)13-6-8-4-11-5-9(8)7-13/h8-9,11H,3-7H2,1-2H3/t8-,9+. The summed E-state index contributed by atoms with van der Waals surface area (Å²) in [5.41, 5.74) is 0. The molecule has 2 aliphatic heterocycles. The van der Waals surface area contributed by atoms with Crippen LogP contribution in [0, 0.1) is 11.8 Å². The Bertz CT molecular complexity index is 219. The van der Waals surface area contributed by atoms with Crippen LogP contribution in [-0.2, 0) is 0 Å². The first kappa shape index (κ1) is 9.77. The van der Waals surface area contributed by atoms with E-state index in [1.54, 1.807) is 4.90 Å². The number of amides is 2. The fraction of sp³-hybridized carbons (Fsp3) is 0.900. The Hall–Kier alpha value is -0.770. The molecule has 80 valence electrons. The summed E-state index contributed by atoms with van der Waals surface area (Å²) in [5, 5.41) is 3.38. The first-order chi connectivity index (χ1) is 6.72. The van der Waals surface area contributed by atoms with Gasteiger partial charge in [0.15, 0.2) is 0 Å². The van der Waals surface area contributed by atoms with Gasteiger partial charge in [-0.15, -0.1) is 0 Å². The summed E-state index contributed by atoms with van der Waals surface area (Å²) in [6.45, 7) is 6.87. The smallest absolute Gasteiger partial charge is 0.319 e. The number of urea groups is 1. The highest BCUT2D eigenvalue weighted by molar-refractivity contribution is 5.74. The van der Waals surface area contributed by atoms with Gasteiger partial charge in [0.1, 0.15) is 0 Å². The Kier molecular flexibility index (Phi) is 2.63. The summed E-state index contributed by atoms with van der Waals surface area (Å²) < 4.78 is 0. The summed E-state index contributed by atoms with van der Waals surface area (Å²) in [5.74, 6) is 1.40. The molecule has 0 aromatic rings. The lowest BCUT2D eigenvalue weighted by molar-refractivity contribution is 0.172. The van der Waals surface area contributed by atoms with Crippen molar-refractivity contribution in [2.24, 2.45) is 11.8 Å². The molecule has 2 aliphatic rings. The summed E-state index contributed by atoms with van der Waals surface area (Å²) in [6.07, 6.45) is 0. The van der Waals surface area contributed by atoms with Crippen molar-refractivity contribution in [2.45, 2.75) is 6.92 Å². The van der Waals surface area contributed by atoms with Gasteiger partial charge in [-0.05, 0) is 18.8 Å². The fourth-order valence-electron chi connectivity index (χ4n) is 2.39. The molecule has 2 amide bonds. The zero-order valence-electron chi connectivity index (χ0n) is 8.99. The van der Waals surface area contributed by atoms with Crippen LogP contribution < -0.4 is 5.32 Å². The van der Waals surface area contributed by atoms with Crippen molar-refractivity contribution >= 4 is 6.03 Å². The molecule has 0 aliphatic carbocycles. The van der Waals surface area contributed by atoms with E-state index in [1.165, 1.54) is 0 Å². The van der Waals surface area contributed by atoms with Crippen LogP contribution in [0.4, 0.5) is 4.79 Å². The van der Waals surface area contributed by atoms with Crippen LogP contribution in [0.1, 0.15) is 6.92 Å². The van der Waals surface area contributed by atoms with Crippen LogP contribution in [0.2, 0.25) is 0 Å². The molecule has 0 bridgehead atoms. The first-order valence-electron chi connectivity index (χ1n) is 5.43. The molecule has 2 saturated heterocycles. The summed E-state index contributed by atoms with van der Waals surface area (Å²) >= 11 is 0. The number of carbonyl (C=O) groups is 1. The predicted octanol–water partition coefficient (Wildman–Crippen LogP) is 0.209. The van der Waals surface area contributed by atoms with E-state index >= 15 is 0 Å². The quantitative estimate of drug-likeness (QED) is 0.652. The van der Waals surface area contributed by atoms with Gasteiger partial charge >= 0.3 is 6.03 Å². The van der Waals surface area contributed by atoms with Crippen molar-refractivity contribution in [2.75, 3.05) is 39.8 Å². The Morgan fingerprint density at radius 2 is 2.00 bits per heavy atom. The third kappa shape index (κ3) is 1.59. The lowest BCUT2D eigenvalue weighted by Crippen LogP contribution is -2.40. The molecular formula is C10H19N3O. The van der Waals surface area contributed by atoms with E-state index in [-0.39, 0.29) is 6.03 Å². The maximum atomic E-state index is 11.8. The van der Waals surface area contributed by atoms with Gasteiger partial charge in [0.25, 0.3) is 0 Å². The predicted molar refractivity (Wildman–Crippen MR) is 55.1 cm³/mol. The third-order valence-corrected chi connectivity index (χ3v) is 3.46. The summed E-state index contributed by atoms with van der Waals surface area (Å²) in [4.78, 5) is 15.6. The highest BCUT2D eigenvalue weighted by atomic mass is 16.2. The number of carbonyl (C=O) groups excluding carboxylic acids is 1. The van der Waals surface area contributed by atoms with Crippen molar-refractivity contribution in [1.82, 2.24) is 15.1 Å². The largest absolute Gasteiger partial charge is 0.328 e. The van der Waals surface area contributed by atoms with Gasteiger partial charge < -0.3 is 15.1 Å². The lowest BCUT2D eigenvalue weighted by Gasteiger charge is -2.24. The molecule has 4 nitrogen and oxygen atoms in total. The second-order valence-electron chi connectivity index (χ2n) is 4.38. The van der Waals surface area contributed by atoms with Gasteiger partial charge in [-0.25, -0.2) is 4.79 Å². The van der Waals surface area contributed by atoms with E-state index in [2.05, 4.69) is 5.32 Å². The van der Waals surface area contributed by atoms with E-state index in [0.717, 1.165) is 32.7 Å². The van der Waals surface area contributed by atoms with Crippen LogP contribution in [0.5, 0.6) is 0 Å². The molecule has 2 rings (SSSR count). The Balaban J connectivity index is 1.92. The molecule has 2 heterocycles. The van der Waals surface area contributed by atoms with Crippen molar-refractivity contribution in [3.05, 3.63) is 0 Å². The van der Waals surface area contributed by atoms with E-state index in [0.29, 0.717) is 11.8 Å². The molecule has 0 aromatic carbocycles. The molecule has 0 spiro atoms. The molecule has 0 aromatic heterocycles. The number of fused-ring (bicyclic) bond motifs is 1. The monoisotopic (exact) mass is 197 g/mol. The van der Waals surface area contributed by atoms with Gasteiger partial charge in [0.05, 0.1) is 0 Å². The van der Waals surface area contributed by atoms with Crippen LogP contribution >= 0.6 is 0 Å². The fourth-order valence-corrected chi connectivity index (χ4v) is 2.39. The maximum absolute atomic E-state index is 11.8. The number of hydrogen-bond acceptors (Lipinski definition) is 2. The third-order valence-electron chi connectivity index (χ3n) is 3.46. The number of rotatable bonds is 1. The van der Waals surface area contributed by atoms with Crippen LogP contribution in [0.3, 0.4) is 0 Å². The van der Waals surface area contributed by atoms with Crippen LogP contribution in [-0.4, -0.2) is 55.6 Å². The van der Waals surface area contributed by atoms with Gasteiger partial charge in [0, 0.05) is 39.8 Å². The van der Waals surface area contributed by atoms with E-state index in [9.17, 15) is 4.79 Å². The zero-order valence-corrected chi connectivity index (χ0v) is 8.99. The maximum Gasteiger partial charge on any atom is 0.319 e. The van der Waals surface area contributed by atoms with Crippen molar-refractivity contribution < 1.29 is 4.79 Å². The van der Waals surface area contributed by atoms with E-state index < -0.39 is 0 Å². The Morgan fingerprint density at radius 1 is 1.43 bits per heavy atom. The minimum atomic E-state index is 0.196. The SMILES string of the molecule is CCN(C)C(=O)N1C[C@H]2CNC[C@H]2C1. The Morgan fingerprint density at radius 3 is 2.50 bits per heavy atom. The number of nitrogens with zero attached hydrogens (tertiary/aromatic N) is 2.